The minimum atomic E-state index is 0.0577. The number of nitrogens with zero attached hydrogens (tertiary/aromatic N) is 5. The molecule has 136 valence electrons. The number of carbonyl (C=O) groups is 2. The summed E-state index contributed by atoms with van der Waals surface area (Å²) in [5.41, 5.74) is 1.83. The Kier molecular flexibility index (Phi) is 5.63. The van der Waals surface area contributed by atoms with Crippen LogP contribution in [0.15, 0.2) is 12.4 Å². The summed E-state index contributed by atoms with van der Waals surface area (Å²) in [6, 6.07) is 0.0577. The van der Waals surface area contributed by atoms with E-state index in [4.69, 9.17) is 4.98 Å². The Bertz CT molecular complexity index is 636. The summed E-state index contributed by atoms with van der Waals surface area (Å²) < 4.78 is 0. The van der Waals surface area contributed by atoms with E-state index in [1.54, 1.807) is 20.0 Å². The number of amides is 2. The molecule has 0 aromatic carbocycles. The van der Waals surface area contributed by atoms with Gasteiger partial charge in [-0.15, -0.1) is 0 Å². The molecule has 2 fully saturated rings. The zero-order valence-electron chi connectivity index (χ0n) is 15.1. The summed E-state index contributed by atoms with van der Waals surface area (Å²) in [5, 5.41) is 0. The van der Waals surface area contributed by atoms with E-state index in [1.165, 1.54) is 0 Å². The molecule has 0 radical (unpaired) electrons. The molecule has 0 aliphatic carbocycles. The van der Waals surface area contributed by atoms with Gasteiger partial charge in [-0.05, 0) is 19.3 Å². The van der Waals surface area contributed by atoms with Gasteiger partial charge in [0.2, 0.25) is 11.8 Å². The van der Waals surface area contributed by atoms with Crippen LogP contribution in [0.3, 0.4) is 0 Å². The Morgan fingerprint density at radius 3 is 2.64 bits per heavy atom. The van der Waals surface area contributed by atoms with E-state index >= 15 is 0 Å². The van der Waals surface area contributed by atoms with Gasteiger partial charge >= 0.3 is 0 Å². The fourth-order valence-electron chi connectivity index (χ4n) is 3.78. The molecular formula is C18H27N5O2. The number of hydrogen-bond acceptors (Lipinski definition) is 5. The van der Waals surface area contributed by atoms with E-state index in [2.05, 4.69) is 9.88 Å². The molecule has 2 saturated heterocycles. The number of rotatable bonds is 3. The lowest BCUT2D eigenvalue weighted by Gasteiger charge is -2.24. The summed E-state index contributed by atoms with van der Waals surface area (Å²) >= 11 is 0. The molecule has 3 heterocycles. The topological polar surface area (TPSA) is 69.6 Å². The fraction of sp³-hybridized carbons (Fsp3) is 0.667. The fourth-order valence-corrected chi connectivity index (χ4v) is 3.78. The molecule has 7 nitrogen and oxygen atoms in total. The van der Waals surface area contributed by atoms with E-state index in [0.717, 1.165) is 69.9 Å². The molecular weight excluding hydrogens is 318 g/mol. The van der Waals surface area contributed by atoms with Crippen molar-refractivity contribution in [3.8, 4) is 0 Å². The SMILES string of the molecule is CC(=O)N1CCCN(Cc2cncc([C@H]3CCCN3C(C)=O)n2)CC1. The molecule has 0 bridgehead atoms. The molecule has 0 N–H and O–H groups in total. The molecule has 2 aliphatic rings. The average Bonchev–Trinajstić information content (AvgIpc) is 2.96. The minimum absolute atomic E-state index is 0.0577. The molecule has 0 unspecified atom stereocenters. The zero-order chi connectivity index (χ0) is 17.8. The van der Waals surface area contributed by atoms with Crippen LogP contribution in [0.5, 0.6) is 0 Å². The van der Waals surface area contributed by atoms with E-state index in [0.29, 0.717) is 0 Å². The van der Waals surface area contributed by atoms with Crippen molar-refractivity contribution in [1.29, 1.82) is 0 Å². The largest absolute Gasteiger partial charge is 0.342 e. The molecule has 2 aliphatic heterocycles. The quantitative estimate of drug-likeness (QED) is 0.824. The first-order valence-corrected chi connectivity index (χ1v) is 9.10. The highest BCUT2D eigenvalue weighted by atomic mass is 16.2. The molecule has 2 amide bonds. The Labute approximate surface area is 149 Å². The van der Waals surface area contributed by atoms with Gasteiger partial charge < -0.3 is 9.80 Å². The molecule has 3 rings (SSSR count). The maximum Gasteiger partial charge on any atom is 0.220 e. The maximum atomic E-state index is 11.8. The Hall–Kier alpha value is -2.02. The van der Waals surface area contributed by atoms with Crippen LogP contribution in [0.2, 0.25) is 0 Å². The standard InChI is InChI=1S/C18H27N5O2/c1-14(24)22-7-4-6-21(9-10-22)13-16-11-19-12-17(20-16)18-5-3-8-23(18)15(2)25/h11-12,18H,3-10,13H2,1-2H3/t18-/m1/s1. The molecule has 0 saturated carbocycles. The zero-order valence-corrected chi connectivity index (χ0v) is 15.1. The van der Waals surface area contributed by atoms with Crippen LogP contribution in [0.25, 0.3) is 0 Å². The highest BCUT2D eigenvalue weighted by molar-refractivity contribution is 5.74. The van der Waals surface area contributed by atoms with Crippen LogP contribution in [-0.2, 0) is 16.1 Å². The lowest BCUT2D eigenvalue weighted by Crippen LogP contribution is -2.33. The van der Waals surface area contributed by atoms with Crippen molar-refractivity contribution >= 4 is 11.8 Å². The van der Waals surface area contributed by atoms with Crippen LogP contribution in [-0.4, -0.2) is 69.2 Å². The first-order chi connectivity index (χ1) is 12.0. The van der Waals surface area contributed by atoms with Crippen molar-refractivity contribution in [1.82, 2.24) is 24.7 Å². The second kappa shape index (κ2) is 7.91. The minimum Gasteiger partial charge on any atom is -0.342 e. The molecule has 1 aromatic rings. The van der Waals surface area contributed by atoms with Gasteiger partial charge in [0, 0.05) is 59.3 Å². The Balaban J connectivity index is 1.66. The van der Waals surface area contributed by atoms with Crippen molar-refractivity contribution in [2.24, 2.45) is 0 Å². The third-order valence-corrected chi connectivity index (χ3v) is 5.12. The molecule has 7 heteroatoms. The van der Waals surface area contributed by atoms with E-state index < -0.39 is 0 Å². The summed E-state index contributed by atoms with van der Waals surface area (Å²) in [6.45, 7) is 8.20. The normalized spacial score (nSPS) is 22.1. The Morgan fingerprint density at radius 2 is 1.88 bits per heavy atom. The lowest BCUT2D eigenvalue weighted by molar-refractivity contribution is -0.130. The van der Waals surface area contributed by atoms with Crippen molar-refractivity contribution in [3.63, 3.8) is 0 Å². The Morgan fingerprint density at radius 1 is 1.04 bits per heavy atom. The van der Waals surface area contributed by atoms with Crippen molar-refractivity contribution in [3.05, 3.63) is 23.8 Å². The van der Waals surface area contributed by atoms with Crippen molar-refractivity contribution in [2.45, 2.75) is 45.7 Å². The summed E-state index contributed by atoms with van der Waals surface area (Å²) in [5.74, 6) is 0.251. The lowest BCUT2D eigenvalue weighted by atomic mass is 10.1. The van der Waals surface area contributed by atoms with Gasteiger partial charge in [-0.1, -0.05) is 0 Å². The van der Waals surface area contributed by atoms with Gasteiger partial charge in [0.15, 0.2) is 0 Å². The third kappa shape index (κ3) is 4.34. The first-order valence-electron chi connectivity index (χ1n) is 9.10. The molecule has 0 spiro atoms. The van der Waals surface area contributed by atoms with Crippen LogP contribution < -0.4 is 0 Å². The first kappa shape index (κ1) is 17.8. The van der Waals surface area contributed by atoms with E-state index in [9.17, 15) is 9.59 Å². The number of carbonyl (C=O) groups excluding carboxylic acids is 2. The van der Waals surface area contributed by atoms with Gasteiger partial charge in [0.25, 0.3) is 0 Å². The second-order valence-corrected chi connectivity index (χ2v) is 6.94. The van der Waals surface area contributed by atoms with E-state index in [-0.39, 0.29) is 17.9 Å². The van der Waals surface area contributed by atoms with Gasteiger partial charge in [-0.2, -0.15) is 0 Å². The average molecular weight is 345 g/mol. The second-order valence-electron chi connectivity index (χ2n) is 6.94. The van der Waals surface area contributed by atoms with Crippen molar-refractivity contribution in [2.75, 3.05) is 32.7 Å². The van der Waals surface area contributed by atoms with Crippen LogP contribution >= 0.6 is 0 Å². The highest BCUT2D eigenvalue weighted by Gasteiger charge is 2.29. The summed E-state index contributed by atoms with van der Waals surface area (Å²) in [6.07, 6.45) is 6.55. The van der Waals surface area contributed by atoms with Crippen LogP contribution in [0.4, 0.5) is 0 Å². The van der Waals surface area contributed by atoms with Gasteiger partial charge in [0.05, 0.1) is 23.6 Å². The number of hydrogen-bond donors (Lipinski definition) is 0. The predicted molar refractivity (Wildman–Crippen MR) is 93.5 cm³/mol. The third-order valence-electron chi connectivity index (χ3n) is 5.12. The predicted octanol–water partition coefficient (Wildman–Crippen LogP) is 1.21. The van der Waals surface area contributed by atoms with E-state index in [1.807, 2.05) is 16.0 Å². The maximum absolute atomic E-state index is 11.8. The summed E-state index contributed by atoms with van der Waals surface area (Å²) in [7, 11) is 0. The van der Waals surface area contributed by atoms with Crippen LogP contribution in [0.1, 0.15) is 50.5 Å². The van der Waals surface area contributed by atoms with Gasteiger partial charge in [0.1, 0.15) is 0 Å². The van der Waals surface area contributed by atoms with Gasteiger partial charge in [-0.25, -0.2) is 0 Å². The molecule has 25 heavy (non-hydrogen) atoms. The smallest absolute Gasteiger partial charge is 0.220 e. The monoisotopic (exact) mass is 345 g/mol. The molecule has 1 aromatic heterocycles. The van der Waals surface area contributed by atoms with Gasteiger partial charge in [-0.3, -0.25) is 24.5 Å². The number of likely N-dealkylation sites (tertiary alicyclic amines) is 1. The highest BCUT2D eigenvalue weighted by Crippen LogP contribution is 2.30. The number of aromatic nitrogens is 2. The van der Waals surface area contributed by atoms with Crippen molar-refractivity contribution < 1.29 is 9.59 Å². The molecule has 1 atom stereocenters. The van der Waals surface area contributed by atoms with Crippen LogP contribution in [0, 0.1) is 0 Å². The summed E-state index contributed by atoms with van der Waals surface area (Å²) in [4.78, 5) is 38.6.